The molecular formula is C30H36O2. The second-order valence-corrected chi connectivity index (χ2v) is 10.3. The molecule has 168 valence electrons. The van der Waals surface area contributed by atoms with Crippen LogP contribution in [0.15, 0.2) is 61.2 Å². The Morgan fingerprint density at radius 3 is 1.66 bits per heavy atom. The van der Waals surface area contributed by atoms with Gasteiger partial charge in [-0.2, -0.15) is 0 Å². The lowest BCUT2D eigenvalue weighted by Gasteiger charge is -2.37. The average molecular weight is 429 g/mol. The minimum atomic E-state index is -0.0170. The smallest absolute Gasteiger partial charge is 0.309 e. The zero-order valence-electron chi connectivity index (χ0n) is 19.2. The van der Waals surface area contributed by atoms with Gasteiger partial charge in [0, 0.05) is 0 Å². The molecule has 1 atom stereocenters. The van der Waals surface area contributed by atoms with E-state index in [0.29, 0.717) is 18.3 Å². The van der Waals surface area contributed by atoms with Gasteiger partial charge in [-0.15, -0.1) is 6.58 Å². The van der Waals surface area contributed by atoms with E-state index in [1.165, 1.54) is 80.0 Å². The second kappa shape index (κ2) is 9.65. The molecule has 0 aromatic heterocycles. The van der Waals surface area contributed by atoms with E-state index in [-0.39, 0.29) is 12.1 Å². The van der Waals surface area contributed by atoms with Crippen LogP contribution in [0, 0.1) is 11.8 Å². The Hall–Kier alpha value is -2.35. The van der Waals surface area contributed by atoms with E-state index in [1.54, 1.807) is 0 Å². The molecule has 2 aromatic carbocycles. The van der Waals surface area contributed by atoms with Crippen molar-refractivity contribution >= 4 is 5.97 Å². The number of carbonyl (C=O) groups is 1. The molecule has 5 rings (SSSR count). The van der Waals surface area contributed by atoms with E-state index in [9.17, 15) is 4.79 Å². The van der Waals surface area contributed by atoms with Gasteiger partial charge in [-0.05, 0) is 104 Å². The van der Waals surface area contributed by atoms with Crippen LogP contribution in [0.2, 0.25) is 0 Å². The van der Waals surface area contributed by atoms with Crippen molar-refractivity contribution in [1.82, 2.24) is 0 Å². The molecule has 32 heavy (non-hydrogen) atoms. The van der Waals surface area contributed by atoms with E-state index in [1.807, 2.05) is 0 Å². The maximum atomic E-state index is 11.1. The number of ether oxygens (including phenoxy) is 1. The number of carbonyl (C=O) groups excluding carboxylic acids is 1. The topological polar surface area (TPSA) is 26.3 Å². The molecule has 1 saturated heterocycles. The molecule has 3 aliphatic rings. The van der Waals surface area contributed by atoms with Gasteiger partial charge in [-0.1, -0.05) is 54.6 Å². The fourth-order valence-electron chi connectivity index (χ4n) is 6.27. The zero-order valence-corrected chi connectivity index (χ0v) is 19.2. The van der Waals surface area contributed by atoms with Gasteiger partial charge in [0.15, 0.2) is 0 Å². The summed E-state index contributed by atoms with van der Waals surface area (Å²) < 4.78 is 5.30. The molecule has 2 saturated carbocycles. The van der Waals surface area contributed by atoms with Crippen molar-refractivity contribution < 1.29 is 9.53 Å². The van der Waals surface area contributed by atoms with Gasteiger partial charge in [-0.25, -0.2) is 0 Å². The van der Waals surface area contributed by atoms with Crippen LogP contribution >= 0.6 is 0 Å². The lowest BCUT2D eigenvalue weighted by molar-refractivity contribution is -0.176. The van der Waals surface area contributed by atoms with Crippen LogP contribution in [-0.4, -0.2) is 12.1 Å². The third-order valence-electron chi connectivity index (χ3n) is 8.39. The van der Waals surface area contributed by atoms with Crippen molar-refractivity contribution in [3.63, 3.8) is 0 Å². The number of esters is 1. The molecule has 0 spiro atoms. The quantitative estimate of drug-likeness (QED) is 0.347. The van der Waals surface area contributed by atoms with E-state index in [2.05, 4.69) is 61.2 Å². The number of benzene rings is 2. The van der Waals surface area contributed by atoms with Crippen LogP contribution in [0.5, 0.6) is 0 Å². The molecule has 1 unspecified atom stereocenters. The van der Waals surface area contributed by atoms with E-state index in [0.717, 1.165) is 11.8 Å². The number of hydrogen-bond donors (Lipinski definition) is 0. The summed E-state index contributed by atoms with van der Waals surface area (Å²) in [4.78, 5) is 11.1. The van der Waals surface area contributed by atoms with Crippen LogP contribution in [-0.2, 0) is 9.53 Å². The van der Waals surface area contributed by atoms with Gasteiger partial charge in [-0.3, -0.25) is 4.79 Å². The van der Waals surface area contributed by atoms with Crippen molar-refractivity contribution in [1.29, 1.82) is 0 Å². The predicted octanol–water partition coefficient (Wildman–Crippen LogP) is 7.79. The first-order valence-corrected chi connectivity index (χ1v) is 12.7. The maximum Gasteiger partial charge on any atom is 0.309 e. The fraction of sp³-hybridized carbons (Fsp3) is 0.500. The Bertz CT molecular complexity index is 902. The highest BCUT2D eigenvalue weighted by molar-refractivity contribution is 5.75. The maximum absolute atomic E-state index is 11.1. The molecule has 2 heteroatoms. The molecule has 1 aliphatic heterocycles. The van der Waals surface area contributed by atoms with Crippen molar-refractivity contribution in [3.8, 4) is 11.1 Å². The molecule has 0 N–H and O–H groups in total. The minimum Gasteiger partial charge on any atom is -0.461 e. The number of cyclic esters (lactones) is 1. The first-order valence-electron chi connectivity index (χ1n) is 12.7. The SMILES string of the molecule is C=CCC1CCC(c2ccc(-c3ccc(C4CCC(C5CC(=O)O5)CC4)cc3)cc2)CC1. The Balaban J connectivity index is 1.16. The fourth-order valence-corrected chi connectivity index (χ4v) is 6.27. The number of allylic oxidation sites excluding steroid dienone is 1. The lowest BCUT2D eigenvalue weighted by Crippen LogP contribution is -2.40. The van der Waals surface area contributed by atoms with Gasteiger partial charge in [0.25, 0.3) is 0 Å². The van der Waals surface area contributed by atoms with Gasteiger partial charge in [0.05, 0.1) is 6.42 Å². The van der Waals surface area contributed by atoms with Crippen molar-refractivity contribution in [2.24, 2.45) is 11.8 Å². The molecule has 2 nitrogen and oxygen atoms in total. The summed E-state index contributed by atoms with van der Waals surface area (Å²) >= 11 is 0. The Morgan fingerprint density at radius 1 is 0.750 bits per heavy atom. The van der Waals surface area contributed by atoms with Crippen molar-refractivity contribution in [2.45, 2.75) is 82.1 Å². The summed E-state index contributed by atoms with van der Waals surface area (Å²) in [6.07, 6.45) is 14.2. The van der Waals surface area contributed by atoms with Crippen LogP contribution in [0.4, 0.5) is 0 Å². The summed E-state index contributed by atoms with van der Waals surface area (Å²) in [6.45, 7) is 3.90. The van der Waals surface area contributed by atoms with Crippen molar-refractivity contribution in [2.75, 3.05) is 0 Å². The largest absolute Gasteiger partial charge is 0.461 e. The summed E-state index contributed by atoms with van der Waals surface area (Å²) in [6, 6.07) is 18.6. The lowest BCUT2D eigenvalue weighted by atomic mass is 9.75. The summed E-state index contributed by atoms with van der Waals surface area (Å²) in [5.41, 5.74) is 5.60. The van der Waals surface area contributed by atoms with E-state index < -0.39 is 0 Å². The van der Waals surface area contributed by atoms with Crippen LogP contribution < -0.4 is 0 Å². The Labute approximate surface area is 193 Å². The first kappa shape index (κ1) is 21.5. The Kier molecular flexibility index (Phi) is 6.48. The monoisotopic (exact) mass is 428 g/mol. The third kappa shape index (κ3) is 4.70. The number of rotatable bonds is 6. The van der Waals surface area contributed by atoms with E-state index >= 15 is 0 Å². The Morgan fingerprint density at radius 2 is 1.22 bits per heavy atom. The van der Waals surface area contributed by atoms with Gasteiger partial charge < -0.3 is 4.74 Å². The standard InChI is InChI=1S/C30H36O2/c1-2-3-21-4-6-22(7-5-21)23-8-10-24(11-9-23)25-12-14-26(15-13-25)27-16-18-28(19-17-27)29-20-30(31)32-29/h2,8-15,21-22,27-29H,1,3-7,16-20H2. The molecule has 0 amide bonds. The average Bonchev–Trinajstić information content (AvgIpc) is 2.83. The molecule has 3 fully saturated rings. The van der Waals surface area contributed by atoms with E-state index in [4.69, 9.17) is 4.74 Å². The highest BCUT2D eigenvalue weighted by Crippen LogP contribution is 2.41. The summed E-state index contributed by atoms with van der Waals surface area (Å²) in [5.74, 6) is 2.79. The molecular weight excluding hydrogens is 392 g/mol. The van der Waals surface area contributed by atoms with Gasteiger partial charge in [0.2, 0.25) is 0 Å². The molecule has 0 bridgehead atoms. The number of hydrogen-bond acceptors (Lipinski definition) is 2. The summed E-state index contributed by atoms with van der Waals surface area (Å²) in [5, 5.41) is 0. The predicted molar refractivity (Wildman–Crippen MR) is 131 cm³/mol. The van der Waals surface area contributed by atoms with Gasteiger partial charge in [0.1, 0.15) is 6.10 Å². The molecule has 1 heterocycles. The zero-order chi connectivity index (χ0) is 21.9. The van der Waals surface area contributed by atoms with Crippen LogP contribution in [0.3, 0.4) is 0 Å². The van der Waals surface area contributed by atoms with Gasteiger partial charge >= 0.3 is 5.97 Å². The normalized spacial score (nSPS) is 30.2. The highest BCUT2D eigenvalue weighted by atomic mass is 16.6. The molecule has 2 aliphatic carbocycles. The van der Waals surface area contributed by atoms with Crippen LogP contribution in [0.25, 0.3) is 11.1 Å². The molecule has 2 aromatic rings. The summed E-state index contributed by atoms with van der Waals surface area (Å²) in [7, 11) is 0. The minimum absolute atomic E-state index is 0.0170. The first-order chi connectivity index (χ1) is 15.7. The second-order valence-electron chi connectivity index (χ2n) is 10.3. The molecule has 0 radical (unpaired) electrons. The third-order valence-corrected chi connectivity index (χ3v) is 8.39. The highest BCUT2D eigenvalue weighted by Gasteiger charge is 2.37. The van der Waals surface area contributed by atoms with Crippen molar-refractivity contribution in [3.05, 3.63) is 72.3 Å². The van der Waals surface area contributed by atoms with Crippen LogP contribution in [0.1, 0.15) is 87.2 Å².